The summed E-state index contributed by atoms with van der Waals surface area (Å²) in [5, 5.41) is 11.5. The number of aromatic nitrogens is 3. The Hall–Kier alpha value is -3.13. The van der Waals surface area contributed by atoms with Crippen LogP contribution in [0.25, 0.3) is 11.4 Å². The number of ether oxygens (including phenoxy) is 3. The second kappa shape index (κ2) is 8.50. The third-order valence-electron chi connectivity index (χ3n) is 3.83. The lowest BCUT2D eigenvalue weighted by atomic mass is 10.2. The van der Waals surface area contributed by atoms with E-state index < -0.39 is 0 Å². The lowest BCUT2D eigenvalue weighted by molar-refractivity contribution is 0.340. The predicted molar refractivity (Wildman–Crippen MR) is 107 cm³/mol. The van der Waals surface area contributed by atoms with Crippen molar-refractivity contribution in [2.75, 3.05) is 20.8 Å². The molecule has 140 valence electrons. The Labute approximate surface area is 162 Å². The van der Waals surface area contributed by atoms with Crippen molar-refractivity contribution in [2.45, 2.75) is 6.92 Å². The van der Waals surface area contributed by atoms with Gasteiger partial charge in [0.05, 0.1) is 27.0 Å². The molecule has 0 atom stereocenters. The highest BCUT2D eigenvalue weighted by Gasteiger charge is 2.09. The number of benzene rings is 2. The van der Waals surface area contributed by atoms with Crippen LogP contribution in [-0.2, 0) is 0 Å². The fraction of sp³-hybridized carbons (Fsp3) is 0.211. The van der Waals surface area contributed by atoms with Crippen LogP contribution in [0.3, 0.4) is 0 Å². The van der Waals surface area contributed by atoms with E-state index in [0.29, 0.717) is 28.7 Å². The van der Waals surface area contributed by atoms with Crippen molar-refractivity contribution in [3.05, 3.63) is 52.8 Å². The van der Waals surface area contributed by atoms with E-state index in [1.165, 1.54) is 0 Å². The lowest BCUT2D eigenvalue weighted by Crippen LogP contribution is -1.97. The lowest BCUT2D eigenvalue weighted by Gasteiger charge is -2.07. The van der Waals surface area contributed by atoms with Crippen molar-refractivity contribution in [3.8, 4) is 28.6 Å². The summed E-state index contributed by atoms with van der Waals surface area (Å²) in [4.78, 5) is 0. The van der Waals surface area contributed by atoms with Crippen molar-refractivity contribution >= 4 is 18.4 Å². The third kappa shape index (κ3) is 4.17. The van der Waals surface area contributed by atoms with Crippen molar-refractivity contribution in [2.24, 2.45) is 5.10 Å². The van der Waals surface area contributed by atoms with Gasteiger partial charge in [-0.2, -0.15) is 14.9 Å². The first kappa shape index (κ1) is 18.7. The molecule has 3 rings (SSSR count). The summed E-state index contributed by atoms with van der Waals surface area (Å²) >= 11 is 5.31. The van der Waals surface area contributed by atoms with Gasteiger partial charge >= 0.3 is 0 Å². The fourth-order valence-electron chi connectivity index (χ4n) is 2.50. The summed E-state index contributed by atoms with van der Waals surface area (Å²) in [5.41, 5.74) is 1.66. The Morgan fingerprint density at radius 2 is 1.85 bits per heavy atom. The number of nitrogens with one attached hydrogen (secondary N) is 1. The van der Waals surface area contributed by atoms with Gasteiger partial charge in [-0.1, -0.05) is 0 Å². The Balaban J connectivity index is 1.93. The van der Waals surface area contributed by atoms with Gasteiger partial charge in [-0.3, -0.25) is 0 Å². The van der Waals surface area contributed by atoms with Crippen molar-refractivity contribution in [3.63, 3.8) is 0 Å². The molecule has 0 bridgehead atoms. The highest BCUT2D eigenvalue weighted by molar-refractivity contribution is 7.71. The normalized spacial score (nSPS) is 10.9. The van der Waals surface area contributed by atoms with Crippen LogP contribution < -0.4 is 14.2 Å². The molecule has 0 unspecified atom stereocenters. The van der Waals surface area contributed by atoms with Crippen LogP contribution in [-0.4, -0.2) is 41.9 Å². The van der Waals surface area contributed by atoms with Gasteiger partial charge in [0.1, 0.15) is 17.2 Å². The Kier molecular flexibility index (Phi) is 5.87. The Bertz CT molecular complexity index is 993. The molecule has 0 fully saturated rings. The molecule has 2 aromatic carbocycles. The number of aromatic amines is 1. The quantitative estimate of drug-likeness (QED) is 0.494. The molecule has 7 nitrogen and oxygen atoms in total. The van der Waals surface area contributed by atoms with Crippen LogP contribution in [0.5, 0.6) is 17.2 Å². The van der Waals surface area contributed by atoms with Gasteiger partial charge in [0.2, 0.25) is 4.77 Å². The van der Waals surface area contributed by atoms with E-state index in [-0.39, 0.29) is 0 Å². The monoisotopic (exact) mass is 384 g/mol. The zero-order chi connectivity index (χ0) is 19.2. The minimum atomic E-state index is 0.391. The summed E-state index contributed by atoms with van der Waals surface area (Å²) in [6.45, 7) is 2.56. The molecule has 0 aliphatic heterocycles. The molecule has 1 heterocycles. The largest absolute Gasteiger partial charge is 0.497 e. The van der Waals surface area contributed by atoms with Crippen molar-refractivity contribution in [1.29, 1.82) is 0 Å². The van der Waals surface area contributed by atoms with Crippen molar-refractivity contribution in [1.82, 2.24) is 14.9 Å². The summed E-state index contributed by atoms with van der Waals surface area (Å²) in [6.07, 6.45) is 1.67. The molecule has 1 N–H and O–H groups in total. The summed E-state index contributed by atoms with van der Waals surface area (Å²) < 4.78 is 18.0. The molecular weight excluding hydrogens is 364 g/mol. The molecule has 3 aromatic rings. The average Bonchev–Trinajstić information content (AvgIpc) is 3.07. The van der Waals surface area contributed by atoms with Gasteiger partial charge in [0, 0.05) is 17.2 Å². The number of hydrogen-bond donors (Lipinski definition) is 1. The van der Waals surface area contributed by atoms with E-state index in [9.17, 15) is 0 Å². The van der Waals surface area contributed by atoms with Gasteiger partial charge in [-0.25, -0.2) is 5.10 Å². The van der Waals surface area contributed by atoms with Crippen LogP contribution in [0.1, 0.15) is 12.5 Å². The summed E-state index contributed by atoms with van der Waals surface area (Å²) in [6, 6.07) is 13.1. The number of methoxy groups -OCH3 is 2. The molecule has 0 spiro atoms. The van der Waals surface area contributed by atoms with E-state index in [1.54, 1.807) is 31.2 Å². The maximum absolute atomic E-state index is 5.47. The second-order valence-corrected chi connectivity index (χ2v) is 5.86. The SMILES string of the molecule is CCOc1ccc(-c2n[nH]c(=S)n2N=Cc2ccc(OC)cc2OC)cc1. The molecule has 0 saturated heterocycles. The van der Waals surface area contributed by atoms with Crippen molar-refractivity contribution < 1.29 is 14.2 Å². The first-order valence-corrected chi connectivity index (χ1v) is 8.74. The van der Waals surface area contributed by atoms with E-state index in [4.69, 9.17) is 26.4 Å². The van der Waals surface area contributed by atoms with E-state index in [2.05, 4.69) is 15.3 Å². The first-order chi connectivity index (χ1) is 13.2. The highest BCUT2D eigenvalue weighted by atomic mass is 32.1. The molecule has 0 saturated carbocycles. The van der Waals surface area contributed by atoms with E-state index >= 15 is 0 Å². The summed E-state index contributed by atoms with van der Waals surface area (Å²) in [5.74, 6) is 2.76. The molecule has 27 heavy (non-hydrogen) atoms. The zero-order valence-corrected chi connectivity index (χ0v) is 16.1. The minimum Gasteiger partial charge on any atom is -0.497 e. The van der Waals surface area contributed by atoms with Gasteiger partial charge in [-0.05, 0) is 55.5 Å². The predicted octanol–water partition coefficient (Wildman–Crippen LogP) is 3.91. The number of rotatable bonds is 7. The first-order valence-electron chi connectivity index (χ1n) is 8.33. The van der Waals surface area contributed by atoms with Gasteiger partial charge in [0.15, 0.2) is 5.82 Å². The molecule has 0 aliphatic carbocycles. The average molecular weight is 384 g/mol. The zero-order valence-electron chi connectivity index (χ0n) is 15.3. The molecule has 1 aromatic heterocycles. The summed E-state index contributed by atoms with van der Waals surface area (Å²) in [7, 11) is 3.21. The van der Waals surface area contributed by atoms with Gasteiger partial charge < -0.3 is 14.2 Å². The van der Waals surface area contributed by atoms with Crippen LogP contribution in [0.4, 0.5) is 0 Å². The fourth-order valence-corrected chi connectivity index (χ4v) is 2.68. The second-order valence-electron chi connectivity index (χ2n) is 5.47. The van der Waals surface area contributed by atoms with Gasteiger partial charge in [-0.15, -0.1) is 0 Å². The molecular formula is C19H20N4O3S. The molecule has 0 radical (unpaired) electrons. The van der Waals surface area contributed by atoms with Crippen LogP contribution in [0.15, 0.2) is 47.6 Å². The standard InChI is InChI=1S/C19H20N4O3S/c1-4-26-15-8-5-13(6-9-15)18-21-22-19(27)23(18)20-12-14-7-10-16(24-2)11-17(14)25-3/h5-12H,4H2,1-3H3,(H,22,27). The number of hydrogen-bond acceptors (Lipinski definition) is 6. The number of H-pyrrole nitrogens is 1. The molecule has 8 heteroatoms. The minimum absolute atomic E-state index is 0.391. The van der Waals surface area contributed by atoms with Gasteiger partial charge in [0.25, 0.3) is 0 Å². The Morgan fingerprint density at radius 3 is 2.52 bits per heavy atom. The van der Waals surface area contributed by atoms with E-state index in [0.717, 1.165) is 16.9 Å². The highest BCUT2D eigenvalue weighted by Crippen LogP contribution is 2.24. The molecule has 0 aliphatic rings. The Morgan fingerprint density at radius 1 is 1.11 bits per heavy atom. The third-order valence-corrected chi connectivity index (χ3v) is 4.09. The van der Waals surface area contributed by atoms with Crippen LogP contribution >= 0.6 is 12.2 Å². The maximum Gasteiger partial charge on any atom is 0.216 e. The smallest absolute Gasteiger partial charge is 0.216 e. The topological polar surface area (TPSA) is 73.7 Å². The van der Waals surface area contributed by atoms with E-state index in [1.807, 2.05) is 43.3 Å². The van der Waals surface area contributed by atoms with Crippen LogP contribution in [0.2, 0.25) is 0 Å². The molecule has 0 amide bonds. The number of nitrogens with zero attached hydrogens (tertiary/aromatic N) is 3. The maximum atomic E-state index is 5.47. The van der Waals surface area contributed by atoms with Crippen LogP contribution in [0, 0.1) is 4.77 Å².